The highest BCUT2D eigenvalue weighted by Gasteiger charge is 2.47. The topological polar surface area (TPSA) is 99.8 Å². The zero-order valence-electron chi connectivity index (χ0n) is 18.9. The summed E-state index contributed by atoms with van der Waals surface area (Å²) in [6.45, 7) is 0.0578. The van der Waals surface area contributed by atoms with Crippen LogP contribution in [0.1, 0.15) is 12.0 Å². The zero-order valence-corrected chi connectivity index (χ0v) is 20.5. The standard InChI is InChI=1S/C25H23N3O5S2/c1-33-19-10-8-18(9-11-19)28-23(29)15-22(25(28)30)27(35(31,32)24-7-4-14-34-24)13-12-17-16-26-21-6-3-2-5-20(17)21/h2-11,14,16,22,26H,12-13,15H2,1H3. The van der Waals surface area contributed by atoms with Gasteiger partial charge in [-0.3, -0.25) is 9.59 Å². The van der Waals surface area contributed by atoms with Crippen molar-refractivity contribution in [1.29, 1.82) is 0 Å². The number of sulfonamides is 1. The molecule has 0 radical (unpaired) electrons. The first-order chi connectivity index (χ1) is 16.9. The molecule has 1 fully saturated rings. The van der Waals surface area contributed by atoms with Crippen LogP contribution in [0.25, 0.3) is 10.9 Å². The second kappa shape index (κ2) is 9.29. The van der Waals surface area contributed by atoms with Gasteiger partial charge in [-0.15, -0.1) is 11.3 Å². The normalized spacial score (nSPS) is 16.5. The van der Waals surface area contributed by atoms with E-state index in [1.807, 2.05) is 30.5 Å². The lowest BCUT2D eigenvalue weighted by atomic mass is 10.1. The number of hydrogen-bond donors (Lipinski definition) is 1. The lowest BCUT2D eigenvalue weighted by Gasteiger charge is -2.26. The molecule has 10 heteroatoms. The summed E-state index contributed by atoms with van der Waals surface area (Å²) in [4.78, 5) is 30.7. The van der Waals surface area contributed by atoms with Crippen molar-refractivity contribution in [2.75, 3.05) is 18.6 Å². The average Bonchev–Trinajstić information content (AvgIpc) is 3.60. The Morgan fingerprint density at radius 3 is 2.57 bits per heavy atom. The van der Waals surface area contributed by atoms with E-state index in [1.54, 1.807) is 35.7 Å². The van der Waals surface area contributed by atoms with E-state index < -0.39 is 27.9 Å². The summed E-state index contributed by atoms with van der Waals surface area (Å²) in [7, 11) is -2.47. The molecule has 35 heavy (non-hydrogen) atoms. The van der Waals surface area contributed by atoms with Gasteiger partial charge in [0, 0.05) is 23.6 Å². The molecular formula is C25H23N3O5S2. The molecule has 180 valence electrons. The maximum absolute atomic E-state index is 13.6. The molecule has 0 aliphatic carbocycles. The number of ether oxygens (including phenoxy) is 1. The fourth-order valence-corrected chi connectivity index (χ4v) is 7.08. The maximum Gasteiger partial charge on any atom is 0.253 e. The number of imide groups is 1. The minimum atomic E-state index is -4.00. The number of amides is 2. The number of carbonyl (C=O) groups excluding carboxylic acids is 2. The number of fused-ring (bicyclic) bond motifs is 1. The maximum atomic E-state index is 13.6. The molecule has 1 aliphatic rings. The summed E-state index contributed by atoms with van der Waals surface area (Å²) >= 11 is 1.09. The molecule has 2 aromatic heterocycles. The summed E-state index contributed by atoms with van der Waals surface area (Å²) in [5.74, 6) is -0.409. The van der Waals surface area contributed by atoms with E-state index in [1.165, 1.54) is 17.5 Å². The quantitative estimate of drug-likeness (QED) is 0.364. The van der Waals surface area contributed by atoms with Crippen LogP contribution >= 0.6 is 11.3 Å². The lowest BCUT2D eigenvalue weighted by molar-refractivity contribution is -0.122. The van der Waals surface area contributed by atoms with Crippen LogP contribution in [-0.2, 0) is 26.0 Å². The molecule has 8 nitrogen and oxygen atoms in total. The lowest BCUT2D eigenvalue weighted by Crippen LogP contribution is -2.46. The number of benzene rings is 2. The fourth-order valence-electron chi connectivity index (χ4n) is 4.38. The predicted molar refractivity (Wildman–Crippen MR) is 134 cm³/mol. The van der Waals surface area contributed by atoms with Gasteiger partial charge in [-0.1, -0.05) is 24.3 Å². The number of rotatable bonds is 8. The Balaban J connectivity index is 1.47. The summed E-state index contributed by atoms with van der Waals surface area (Å²) < 4.78 is 33.7. The van der Waals surface area contributed by atoms with Crippen LogP contribution in [0.2, 0.25) is 0 Å². The summed E-state index contributed by atoms with van der Waals surface area (Å²) in [5, 5.41) is 2.67. The number of aromatic nitrogens is 1. The zero-order chi connectivity index (χ0) is 24.6. The molecule has 4 aromatic rings. The van der Waals surface area contributed by atoms with Gasteiger partial charge < -0.3 is 9.72 Å². The predicted octanol–water partition coefficient (Wildman–Crippen LogP) is 3.80. The fraction of sp³-hybridized carbons (Fsp3) is 0.200. The Labute approximate surface area is 206 Å². The van der Waals surface area contributed by atoms with Crippen LogP contribution in [0.3, 0.4) is 0 Å². The second-order valence-corrected chi connectivity index (χ2v) is 11.2. The molecule has 2 amide bonds. The first-order valence-corrected chi connectivity index (χ1v) is 13.3. The van der Waals surface area contributed by atoms with E-state index in [4.69, 9.17) is 4.74 Å². The van der Waals surface area contributed by atoms with E-state index in [0.717, 1.165) is 32.7 Å². The molecule has 0 saturated carbocycles. The molecule has 1 atom stereocenters. The van der Waals surface area contributed by atoms with Gasteiger partial charge in [0.15, 0.2) is 0 Å². The molecule has 0 bridgehead atoms. The van der Waals surface area contributed by atoms with Gasteiger partial charge in [0.2, 0.25) is 5.91 Å². The third-order valence-electron chi connectivity index (χ3n) is 6.14. The van der Waals surface area contributed by atoms with Gasteiger partial charge in [-0.2, -0.15) is 4.31 Å². The Bertz CT molecular complexity index is 1480. The van der Waals surface area contributed by atoms with Gasteiger partial charge in [0.05, 0.1) is 19.2 Å². The number of H-pyrrole nitrogens is 1. The molecule has 0 spiro atoms. The minimum Gasteiger partial charge on any atom is -0.497 e. The van der Waals surface area contributed by atoms with Crippen molar-refractivity contribution in [3.8, 4) is 5.75 Å². The van der Waals surface area contributed by atoms with Crippen LogP contribution in [0.4, 0.5) is 5.69 Å². The van der Waals surface area contributed by atoms with Gasteiger partial charge in [0.25, 0.3) is 15.9 Å². The van der Waals surface area contributed by atoms with Crippen LogP contribution in [-0.4, -0.2) is 49.2 Å². The Hall–Kier alpha value is -3.47. The summed E-state index contributed by atoms with van der Waals surface area (Å²) in [5.41, 5.74) is 2.28. The van der Waals surface area contributed by atoms with Gasteiger partial charge in [-0.25, -0.2) is 13.3 Å². The summed E-state index contributed by atoms with van der Waals surface area (Å²) in [6.07, 6.45) is 2.02. The monoisotopic (exact) mass is 509 g/mol. The first-order valence-electron chi connectivity index (χ1n) is 11.0. The van der Waals surface area contributed by atoms with Gasteiger partial charge >= 0.3 is 0 Å². The van der Waals surface area contributed by atoms with Crippen molar-refractivity contribution in [1.82, 2.24) is 9.29 Å². The number of anilines is 1. The number of aromatic amines is 1. The third kappa shape index (κ3) is 4.24. The first kappa shape index (κ1) is 23.3. The van der Waals surface area contributed by atoms with Crippen LogP contribution in [0.15, 0.2) is 76.4 Å². The van der Waals surface area contributed by atoms with Crippen molar-refractivity contribution < 1.29 is 22.7 Å². The molecule has 1 unspecified atom stereocenters. The van der Waals surface area contributed by atoms with Crippen molar-refractivity contribution >= 4 is 49.8 Å². The highest BCUT2D eigenvalue weighted by molar-refractivity contribution is 7.91. The van der Waals surface area contributed by atoms with E-state index >= 15 is 0 Å². The van der Waals surface area contributed by atoms with Crippen molar-refractivity contribution in [2.45, 2.75) is 23.1 Å². The van der Waals surface area contributed by atoms with Crippen molar-refractivity contribution in [3.63, 3.8) is 0 Å². The number of hydrogen-bond acceptors (Lipinski definition) is 6. The summed E-state index contributed by atoms with van der Waals surface area (Å²) in [6, 6.07) is 16.3. The Kier molecular flexibility index (Phi) is 6.18. The van der Waals surface area contributed by atoms with Gasteiger partial charge in [-0.05, 0) is 53.8 Å². The van der Waals surface area contributed by atoms with Crippen LogP contribution in [0.5, 0.6) is 5.75 Å². The molecule has 1 N–H and O–H groups in total. The van der Waals surface area contributed by atoms with Gasteiger partial charge in [0.1, 0.15) is 16.0 Å². The van der Waals surface area contributed by atoms with E-state index in [0.29, 0.717) is 17.9 Å². The number of para-hydroxylation sites is 1. The third-order valence-corrected chi connectivity index (χ3v) is 9.42. The minimum absolute atomic E-state index is 0.0578. The number of carbonyl (C=O) groups is 2. The van der Waals surface area contributed by atoms with E-state index in [9.17, 15) is 18.0 Å². The molecular weight excluding hydrogens is 486 g/mol. The second-order valence-electron chi connectivity index (χ2n) is 8.14. The van der Waals surface area contributed by atoms with Crippen LogP contribution in [0, 0.1) is 0 Å². The van der Waals surface area contributed by atoms with E-state index in [-0.39, 0.29) is 17.2 Å². The Morgan fingerprint density at radius 2 is 1.86 bits per heavy atom. The van der Waals surface area contributed by atoms with Crippen molar-refractivity contribution in [3.05, 3.63) is 77.8 Å². The average molecular weight is 510 g/mol. The number of thiophene rings is 1. The SMILES string of the molecule is COc1ccc(N2C(=O)CC(N(CCc3c[nH]c4ccccc34)S(=O)(=O)c3cccs3)C2=O)cc1. The molecule has 3 heterocycles. The van der Waals surface area contributed by atoms with E-state index in [2.05, 4.69) is 4.98 Å². The largest absolute Gasteiger partial charge is 0.497 e. The van der Waals surface area contributed by atoms with Crippen molar-refractivity contribution in [2.24, 2.45) is 0 Å². The molecule has 1 saturated heterocycles. The highest BCUT2D eigenvalue weighted by Crippen LogP contribution is 2.32. The number of methoxy groups -OCH3 is 1. The molecule has 2 aromatic carbocycles. The number of nitrogens with one attached hydrogen (secondary N) is 1. The van der Waals surface area contributed by atoms with Crippen LogP contribution < -0.4 is 9.64 Å². The highest BCUT2D eigenvalue weighted by atomic mass is 32.2. The molecule has 5 rings (SSSR count). The molecule has 1 aliphatic heterocycles. The Morgan fingerprint density at radius 1 is 1.09 bits per heavy atom. The smallest absolute Gasteiger partial charge is 0.253 e. The number of nitrogens with zero attached hydrogens (tertiary/aromatic N) is 2.